The number of hydrogen-bond acceptors (Lipinski definition) is 4. The molecule has 6 nitrogen and oxygen atoms in total. The van der Waals surface area contributed by atoms with Gasteiger partial charge in [-0.25, -0.2) is 4.68 Å². The molecular weight excluding hydrogens is 240 g/mol. The molecule has 92 valence electrons. The fraction of sp³-hybridized carbons (Fsp3) is 0.500. The van der Waals surface area contributed by atoms with Crippen molar-refractivity contribution < 1.29 is 0 Å². The van der Waals surface area contributed by atoms with Crippen LogP contribution in [0.4, 0.5) is 5.82 Å². The maximum Gasteiger partial charge on any atom is 0.168 e. The van der Waals surface area contributed by atoms with Crippen LogP contribution in [-0.2, 0) is 20.0 Å². The molecule has 17 heavy (non-hydrogen) atoms. The lowest BCUT2D eigenvalue weighted by atomic mass is 10.3. The van der Waals surface area contributed by atoms with E-state index in [2.05, 4.69) is 15.4 Å². The van der Waals surface area contributed by atoms with Gasteiger partial charge in [-0.05, 0) is 13.3 Å². The molecule has 0 saturated heterocycles. The van der Waals surface area contributed by atoms with E-state index in [1.165, 1.54) is 0 Å². The van der Waals surface area contributed by atoms with E-state index >= 15 is 0 Å². The van der Waals surface area contributed by atoms with Crippen molar-refractivity contribution in [1.82, 2.24) is 24.8 Å². The molecule has 2 N–H and O–H groups in total. The first-order chi connectivity index (χ1) is 8.04. The second-order valence-corrected chi connectivity index (χ2v) is 4.28. The molecule has 0 aliphatic rings. The summed E-state index contributed by atoms with van der Waals surface area (Å²) in [5.41, 5.74) is 8.30. The number of nitrogens with zero attached hydrogens (tertiary/aromatic N) is 5. The molecule has 7 heteroatoms. The van der Waals surface area contributed by atoms with Gasteiger partial charge < -0.3 is 5.73 Å². The molecule has 0 fully saturated rings. The fourth-order valence-electron chi connectivity index (χ4n) is 1.66. The molecule has 2 aromatic rings. The summed E-state index contributed by atoms with van der Waals surface area (Å²) in [5.74, 6) is 0.444. The van der Waals surface area contributed by atoms with Crippen LogP contribution < -0.4 is 5.73 Å². The lowest BCUT2D eigenvalue weighted by molar-refractivity contribution is 0.588. The van der Waals surface area contributed by atoms with Crippen LogP contribution in [0, 0.1) is 6.92 Å². The number of nitrogen functional groups attached to an aromatic ring is 1. The second kappa shape index (κ2) is 4.37. The third-order valence-corrected chi connectivity index (χ3v) is 3.26. The standard InChI is InChI=1S/C10H15ClN6/c1-4-7-9(11)8(16(3)14-7)5-17-6(2)10(12)13-15-17/h4-5,12H2,1-3H3. The monoisotopic (exact) mass is 254 g/mol. The van der Waals surface area contributed by atoms with Crippen LogP contribution in [-0.4, -0.2) is 24.8 Å². The van der Waals surface area contributed by atoms with Crippen molar-refractivity contribution in [2.45, 2.75) is 26.8 Å². The van der Waals surface area contributed by atoms with Gasteiger partial charge in [-0.2, -0.15) is 5.10 Å². The van der Waals surface area contributed by atoms with E-state index in [1.54, 1.807) is 9.36 Å². The van der Waals surface area contributed by atoms with Crippen LogP contribution in [0.5, 0.6) is 0 Å². The minimum Gasteiger partial charge on any atom is -0.381 e. The minimum atomic E-state index is 0.444. The molecule has 0 amide bonds. The van der Waals surface area contributed by atoms with E-state index in [1.807, 2.05) is 20.9 Å². The zero-order valence-electron chi connectivity index (χ0n) is 10.1. The van der Waals surface area contributed by atoms with Gasteiger partial charge in [-0.15, -0.1) is 5.10 Å². The predicted molar refractivity (Wildman–Crippen MR) is 65.9 cm³/mol. The third-order valence-electron chi connectivity index (χ3n) is 2.82. The molecule has 2 aromatic heterocycles. The Hall–Kier alpha value is -1.56. The highest BCUT2D eigenvalue weighted by atomic mass is 35.5. The van der Waals surface area contributed by atoms with Crippen LogP contribution in [0.15, 0.2) is 0 Å². The number of halogens is 1. The van der Waals surface area contributed by atoms with Crippen LogP contribution in [0.2, 0.25) is 5.02 Å². The Morgan fingerprint density at radius 2 is 2.12 bits per heavy atom. The van der Waals surface area contributed by atoms with Gasteiger partial charge in [0.25, 0.3) is 0 Å². The normalized spacial score (nSPS) is 11.1. The minimum absolute atomic E-state index is 0.444. The predicted octanol–water partition coefficient (Wildman–Crippen LogP) is 1.17. The number of aryl methyl sites for hydroxylation is 2. The molecule has 0 unspecified atom stereocenters. The number of anilines is 1. The van der Waals surface area contributed by atoms with Crippen molar-refractivity contribution in [3.05, 3.63) is 22.1 Å². The zero-order chi connectivity index (χ0) is 12.6. The molecular formula is C10H15ClN6. The van der Waals surface area contributed by atoms with Crippen molar-refractivity contribution >= 4 is 17.4 Å². The van der Waals surface area contributed by atoms with Gasteiger partial charge >= 0.3 is 0 Å². The molecule has 2 heterocycles. The first kappa shape index (κ1) is 11.9. The first-order valence-electron chi connectivity index (χ1n) is 5.40. The molecule has 0 radical (unpaired) electrons. The highest BCUT2D eigenvalue weighted by Crippen LogP contribution is 2.22. The summed E-state index contributed by atoms with van der Waals surface area (Å²) in [4.78, 5) is 0. The second-order valence-electron chi connectivity index (χ2n) is 3.90. The maximum atomic E-state index is 6.26. The van der Waals surface area contributed by atoms with Gasteiger partial charge in [0.1, 0.15) is 0 Å². The van der Waals surface area contributed by atoms with E-state index in [9.17, 15) is 0 Å². The van der Waals surface area contributed by atoms with Gasteiger partial charge in [0.05, 0.1) is 28.6 Å². The van der Waals surface area contributed by atoms with Crippen LogP contribution >= 0.6 is 11.6 Å². The molecule has 0 aliphatic heterocycles. The maximum absolute atomic E-state index is 6.26. The molecule has 0 spiro atoms. The largest absolute Gasteiger partial charge is 0.381 e. The smallest absolute Gasteiger partial charge is 0.168 e. The summed E-state index contributed by atoms with van der Waals surface area (Å²) in [7, 11) is 1.87. The average Bonchev–Trinajstić information content (AvgIpc) is 2.76. The summed E-state index contributed by atoms with van der Waals surface area (Å²) in [6, 6.07) is 0. The quantitative estimate of drug-likeness (QED) is 0.892. The zero-order valence-corrected chi connectivity index (χ0v) is 10.9. The molecule has 2 rings (SSSR count). The lowest BCUT2D eigenvalue weighted by Crippen LogP contribution is -2.09. The third kappa shape index (κ3) is 2.00. The Balaban J connectivity index is 2.36. The van der Waals surface area contributed by atoms with Crippen molar-refractivity contribution in [1.29, 1.82) is 0 Å². The Kier molecular flexibility index (Phi) is 3.06. The summed E-state index contributed by atoms with van der Waals surface area (Å²) >= 11 is 6.26. The number of nitrogens with two attached hydrogens (primary N) is 1. The highest BCUT2D eigenvalue weighted by molar-refractivity contribution is 6.31. The van der Waals surface area contributed by atoms with Gasteiger partial charge in [0.2, 0.25) is 0 Å². The average molecular weight is 255 g/mol. The van der Waals surface area contributed by atoms with Crippen molar-refractivity contribution in [2.24, 2.45) is 7.05 Å². The van der Waals surface area contributed by atoms with Crippen LogP contribution in [0.25, 0.3) is 0 Å². The summed E-state index contributed by atoms with van der Waals surface area (Å²) in [5, 5.41) is 12.8. The van der Waals surface area contributed by atoms with E-state index in [0.717, 1.165) is 23.5 Å². The van der Waals surface area contributed by atoms with Crippen molar-refractivity contribution in [2.75, 3.05) is 5.73 Å². The van der Waals surface area contributed by atoms with E-state index in [-0.39, 0.29) is 0 Å². The Bertz CT molecular complexity index is 541. The molecule has 0 bridgehead atoms. The fourth-order valence-corrected chi connectivity index (χ4v) is 2.01. The van der Waals surface area contributed by atoms with E-state index in [0.29, 0.717) is 17.4 Å². The van der Waals surface area contributed by atoms with Crippen molar-refractivity contribution in [3.8, 4) is 0 Å². The summed E-state index contributed by atoms with van der Waals surface area (Å²) in [6.45, 7) is 4.43. The van der Waals surface area contributed by atoms with Crippen LogP contribution in [0.3, 0.4) is 0 Å². The molecule has 0 aromatic carbocycles. The Morgan fingerprint density at radius 1 is 1.41 bits per heavy atom. The van der Waals surface area contributed by atoms with E-state index < -0.39 is 0 Å². The van der Waals surface area contributed by atoms with Gasteiger partial charge in [0, 0.05) is 7.05 Å². The van der Waals surface area contributed by atoms with E-state index in [4.69, 9.17) is 17.3 Å². The topological polar surface area (TPSA) is 74.5 Å². The summed E-state index contributed by atoms with van der Waals surface area (Å²) in [6.07, 6.45) is 0.811. The lowest BCUT2D eigenvalue weighted by Gasteiger charge is -2.04. The molecule has 0 saturated carbocycles. The van der Waals surface area contributed by atoms with Crippen LogP contribution in [0.1, 0.15) is 24.0 Å². The van der Waals surface area contributed by atoms with Gasteiger partial charge in [0.15, 0.2) is 5.82 Å². The Morgan fingerprint density at radius 3 is 2.59 bits per heavy atom. The van der Waals surface area contributed by atoms with Crippen molar-refractivity contribution in [3.63, 3.8) is 0 Å². The first-order valence-corrected chi connectivity index (χ1v) is 5.78. The highest BCUT2D eigenvalue weighted by Gasteiger charge is 2.15. The number of rotatable bonds is 3. The Labute approximate surface area is 104 Å². The molecule has 0 atom stereocenters. The number of hydrogen-bond donors (Lipinski definition) is 1. The summed E-state index contributed by atoms with van der Waals surface area (Å²) < 4.78 is 3.50. The van der Waals surface area contributed by atoms with Gasteiger partial charge in [-0.1, -0.05) is 23.7 Å². The molecule has 0 aliphatic carbocycles. The number of aromatic nitrogens is 5. The SMILES string of the molecule is CCc1nn(C)c(Cn2nnc(N)c2C)c1Cl. The van der Waals surface area contributed by atoms with Gasteiger partial charge in [-0.3, -0.25) is 4.68 Å².